The van der Waals surface area contributed by atoms with E-state index < -0.39 is 0 Å². The molecule has 0 aliphatic carbocycles. The number of rotatable bonds is 5. The first-order valence-electron chi connectivity index (χ1n) is 9.96. The summed E-state index contributed by atoms with van der Waals surface area (Å²) < 4.78 is 5.02. The van der Waals surface area contributed by atoms with E-state index in [9.17, 15) is 4.79 Å². The van der Waals surface area contributed by atoms with Gasteiger partial charge in [0.1, 0.15) is 5.82 Å². The molecule has 0 unspecified atom stereocenters. The van der Waals surface area contributed by atoms with E-state index in [-0.39, 0.29) is 5.91 Å². The molecule has 0 spiro atoms. The molecule has 1 aliphatic rings. The predicted octanol–water partition coefficient (Wildman–Crippen LogP) is 3.37. The molecule has 2 aromatic heterocycles. The Bertz CT molecular complexity index is 980. The highest BCUT2D eigenvalue weighted by atomic mass is 16.5. The van der Waals surface area contributed by atoms with Crippen molar-refractivity contribution in [1.29, 1.82) is 0 Å². The van der Waals surface area contributed by atoms with E-state index in [4.69, 9.17) is 4.74 Å². The van der Waals surface area contributed by atoms with E-state index in [1.807, 2.05) is 30.5 Å². The molecule has 0 saturated carbocycles. The zero-order valence-electron chi connectivity index (χ0n) is 17.2. The molecule has 1 aliphatic heterocycles. The molecular formula is C23H25N5O2. The zero-order chi connectivity index (χ0) is 20.9. The van der Waals surface area contributed by atoms with Crippen LogP contribution in [0.1, 0.15) is 15.9 Å². The molecule has 1 saturated heterocycles. The lowest BCUT2D eigenvalue weighted by atomic mass is 10.2. The molecule has 3 heterocycles. The standard InChI is InChI=1S/C23H25N5O2/c1-17-3-9-21(24-15-17)28-13-11-27(12-14-28)20-7-5-19(6-8-20)26-23(29)18-4-10-22(30-2)25-16-18/h3-10,15-16H,11-14H2,1-2H3,(H,26,29). The molecule has 0 radical (unpaired) electrons. The highest BCUT2D eigenvalue weighted by molar-refractivity contribution is 6.04. The Kier molecular flexibility index (Phi) is 5.79. The van der Waals surface area contributed by atoms with Gasteiger partial charge in [-0.15, -0.1) is 0 Å². The minimum absolute atomic E-state index is 0.197. The fourth-order valence-corrected chi connectivity index (χ4v) is 3.44. The van der Waals surface area contributed by atoms with Gasteiger partial charge in [-0.3, -0.25) is 4.79 Å². The third-order valence-electron chi connectivity index (χ3n) is 5.20. The number of piperazine rings is 1. The van der Waals surface area contributed by atoms with Gasteiger partial charge >= 0.3 is 0 Å². The number of nitrogens with zero attached hydrogens (tertiary/aromatic N) is 4. The van der Waals surface area contributed by atoms with Crippen LogP contribution in [0, 0.1) is 6.92 Å². The Morgan fingerprint density at radius 1 is 0.900 bits per heavy atom. The lowest BCUT2D eigenvalue weighted by Gasteiger charge is -2.36. The molecule has 0 atom stereocenters. The molecular weight excluding hydrogens is 378 g/mol. The minimum atomic E-state index is -0.197. The molecule has 1 N–H and O–H groups in total. The molecule has 1 amide bonds. The summed E-state index contributed by atoms with van der Waals surface area (Å²) in [7, 11) is 1.54. The summed E-state index contributed by atoms with van der Waals surface area (Å²) in [5.41, 5.74) is 3.56. The van der Waals surface area contributed by atoms with Gasteiger partial charge in [0.2, 0.25) is 5.88 Å². The normalized spacial score (nSPS) is 13.8. The predicted molar refractivity (Wildman–Crippen MR) is 119 cm³/mol. The number of ether oxygens (including phenoxy) is 1. The van der Waals surface area contributed by atoms with Crippen molar-refractivity contribution >= 4 is 23.1 Å². The zero-order valence-corrected chi connectivity index (χ0v) is 17.2. The van der Waals surface area contributed by atoms with Crippen molar-refractivity contribution in [3.8, 4) is 5.88 Å². The third kappa shape index (κ3) is 4.51. The highest BCUT2D eigenvalue weighted by Crippen LogP contribution is 2.22. The van der Waals surface area contributed by atoms with E-state index in [2.05, 4.69) is 44.1 Å². The van der Waals surface area contributed by atoms with Gasteiger partial charge in [-0.25, -0.2) is 9.97 Å². The number of anilines is 3. The number of hydrogen-bond acceptors (Lipinski definition) is 6. The van der Waals surface area contributed by atoms with Crippen LogP contribution in [0.3, 0.4) is 0 Å². The number of carbonyl (C=O) groups excluding carboxylic acids is 1. The van der Waals surface area contributed by atoms with Crippen LogP contribution in [-0.2, 0) is 0 Å². The van der Waals surface area contributed by atoms with Gasteiger partial charge in [-0.2, -0.15) is 0 Å². The topological polar surface area (TPSA) is 70.6 Å². The van der Waals surface area contributed by atoms with Crippen molar-refractivity contribution < 1.29 is 9.53 Å². The van der Waals surface area contributed by atoms with Crippen molar-refractivity contribution in [3.05, 3.63) is 72.1 Å². The summed E-state index contributed by atoms with van der Waals surface area (Å²) in [4.78, 5) is 25.6. The molecule has 1 fully saturated rings. The molecule has 3 aromatic rings. The van der Waals surface area contributed by atoms with Crippen molar-refractivity contribution in [2.45, 2.75) is 6.92 Å². The fourth-order valence-electron chi connectivity index (χ4n) is 3.44. The van der Waals surface area contributed by atoms with E-state index >= 15 is 0 Å². The Hall–Kier alpha value is -3.61. The Balaban J connectivity index is 1.33. The second-order valence-electron chi connectivity index (χ2n) is 7.26. The van der Waals surface area contributed by atoms with Gasteiger partial charge in [0.25, 0.3) is 5.91 Å². The second-order valence-corrected chi connectivity index (χ2v) is 7.26. The van der Waals surface area contributed by atoms with Crippen LogP contribution in [0.4, 0.5) is 17.2 Å². The number of aryl methyl sites for hydroxylation is 1. The van der Waals surface area contributed by atoms with Gasteiger partial charge < -0.3 is 19.9 Å². The average Bonchev–Trinajstić information content (AvgIpc) is 2.80. The molecule has 30 heavy (non-hydrogen) atoms. The quantitative estimate of drug-likeness (QED) is 0.704. The SMILES string of the molecule is COc1ccc(C(=O)Nc2ccc(N3CCN(c4ccc(C)cn4)CC3)cc2)cn1. The molecule has 7 heteroatoms. The number of methoxy groups -OCH3 is 1. The maximum atomic E-state index is 12.4. The largest absolute Gasteiger partial charge is 0.481 e. The van der Waals surface area contributed by atoms with Gasteiger partial charge in [-0.1, -0.05) is 6.07 Å². The molecule has 0 bridgehead atoms. The van der Waals surface area contributed by atoms with Crippen LogP contribution in [0.25, 0.3) is 0 Å². The highest BCUT2D eigenvalue weighted by Gasteiger charge is 2.18. The number of hydrogen-bond donors (Lipinski definition) is 1. The smallest absolute Gasteiger partial charge is 0.257 e. The Morgan fingerprint density at radius 3 is 2.23 bits per heavy atom. The van der Waals surface area contributed by atoms with Crippen molar-refractivity contribution in [2.24, 2.45) is 0 Å². The number of benzene rings is 1. The lowest BCUT2D eigenvalue weighted by molar-refractivity contribution is 0.102. The van der Waals surface area contributed by atoms with Crippen molar-refractivity contribution in [1.82, 2.24) is 9.97 Å². The monoisotopic (exact) mass is 403 g/mol. The summed E-state index contributed by atoms with van der Waals surface area (Å²) in [5, 5.41) is 2.90. The summed E-state index contributed by atoms with van der Waals surface area (Å²) in [6.45, 7) is 5.77. The maximum Gasteiger partial charge on any atom is 0.257 e. The first-order valence-corrected chi connectivity index (χ1v) is 9.96. The summed E-state index contributed by atoms with van der Waals surface area (Å²) >= 11 is 0. The fraction of sp³-hybridized carbons (Fsp3) is 0.261. The van der Waals surface area contributed by atoms with Crippen LogP contribution >= 0.6 is 0 Å². The van der Waals surface area contributed by atoms with Crippen LogP contribution in [-0.4, -0.2) is 49.2 Å². The van der Waals surface area contributed by atoms with Gasteiger partial charge in [-0.05, 0) is 48.9 Å². The molecule has 154 valence electrons. The lowest BCUT2D eigenvalue weighted by Crippen LogP contribution is -2.46. The number of aromatic nitrogens is 2. The molecule has 1 aromatic carbocycles. The van der Waals surface area contributed by atoms with E-state index in [0.717, 1.165) is 43.4 Å². The summed E-state index contributed by atoms with van der Waals surface area (Å²) in [5.74, 6) is 1.32. The summed E-state index contributed by atoms with van der Waals surface area (Å²) in [6, 6.07) is 15.5. The Labute approximate surface area is 176 Å². The Morgan fingerprint density at radius 2 is 1.63 bits per heavy atom. The number of pyridine rings is 2. The number of amides is 1. The van der Waals surface area contributed by atoms with Crippen LogP contribution < -0.4 is 19.9 Å². The minimum Gasteiger partial charge on any atom is -0.481 e. The van der Waals surface area contributed by atoms with Crippen LogP contribution in [0.2, 0.25) is 0 Å². The van der Waals surface area contributed by atoms with Crippen LogP contribution in [0.15, 0.2) is 60.9 Å². The molecule has 7 nitrogen and oxygen atoms in total. The van der Waals surface area contributed by atoms with Gasteiger partial charge in [0.05, 0.1) is 12.7 Å². The van der Waals surface area contributed by atoms with Crippen molar-refractivity contribution in [2.75, 3.05) is 48.4 Å². The first-order chi connectivity index (χ1) is 14.6. The van der Waals surface area contributed by atoms with Gasteiger partial charge in [0.15, 0.2) is 0 Å². The maximum absolute atomic E-state index is 12.4. The number of nitrogens with one attached hydrogen (secondary N) is 1. The molecule has 4 rings (SSSR count). The average molecular weight is 403 g/mol. The van der Waals surface area contributed by atoms with Crippen LogP contribution in [0.5, 0.6) is 5.88 Å². The third-order valence-corrected chi connectivity index (χ3v) is 5.20. The van der Waals surface area contributed by atoms with E-state index in [1.165, 1.54) is 11.8 Å². The van der Waals surface area contributed by atoms with Gasteiger partial charge in [0, 0.05) is 56.0 Å². The number of carbonyl (C=O) groups is 1. The van der Waals surface area contributed by atoms with Crippen molar-refractivity contribution in [3.63, 3.8) is 0 Å². The van der Waals surface area contributed by atoms with E-state index in [1.54, 1.807) is 19.2 Å². The summed E-state index contributed by atoms with van der Waals surface area (Å²) in [6.07, 6.45) is 3.42. The van der Waals surface area contributed by atoms with E-state index in [0.29, 0.717) is 11.4 Å². The first kappa shape index (κ1) is 19.7. The second kappa shape index (κ2) is 8.82.